The van der Waals surface area contributed by atoms with Crippen LogP contribution in [-0.4, -0.2) is 88.5 Å². The molecule has 3 heterocycles. The van der Waals surface area contributed by atoms with Crippen molar-refractivity contribution >= 4 is 27.5 Å². The first-order chi connectivity index (χ1) is 15.5. The van der Waals surface area contributed by atoms with Gasteiger partial charge in [0.05, 0.1) is 17.3 Å². The Morgan fingerprint density at radius 2 is 1.79 bits per heavy atom. The fourth-order valence-corrected chi connectivity index (χ4v) is 6.83. The lowest BCUT2D eigenvalue weighted by Gasteiger charge is -2.37. The first kappa shape index (κ1) is 24.0. The number of thioether (sulfide) groups is 1. The van der Waals surface area contributed by atoms with Gasteiger partial charge in [-0.3, -0.25) is 9.69 Å². The number of nitrogen functional groups attached to an aromatic ring is 1. The lowest BCUT2D eigenvalue weighted by atomic mass is 9.87. The summed E-state index contributed by atoms with van der Waals surface area (Å²) in [4.78, 5) is 16.7. The highest BCUT2D eigenvalue weighted by atomic mass is 32.2. The van der Waals surface area contributed by atoms with Gasteiger partial charge in [0, 0.05) is 37.8 Å². The number of benzene rings is 1. The van der Waals surface area contributed by atoms with Gasteiger partial charge >= 0.3 is 0 Å². The minimum Gasteiger partial charge on any atom is -0.339 e. The molecule has 2 aromatic rings. The third kappa shape index (κ3) is 5.52. The van der Waals surface area contributed by atoms with Crippen molar-refractivity contribution in [3.05, 3.63) is 29.8 Å². The number of hydrogen-bond donors (Lipinski definition) is 1. The number of carbonyl (C=O) groups excluding carboxylic acids is 1. The number of sulfone groups is 1. The summed E-state index contributed by atoms with van der Waals surface area (Å²) in [6.07, 6.45) is 0.694. The van der Waals surface area contributed by atoms with Crippen molar-refractivity contribution in [2.24, 2.45) is 0 Å². The van der Waals surface area contributed by atoms with Crippen LogP contribution in [0, 0.1) is 0 Å². The van der Waals surface area contributed by atoms with Gasteiger partial charge in [-0.05, 0) is 17.4 Å². The predicted molar refractivity (Wildman–Crippen MR) is 130 cm³/mol. The fourth-order valence-electron chi connectivity index (χ4n) is 4.31. The van der Waals surface area contributed by atoms with E-state index in [1.165, 1.54) is 22.0 Å². The second-order valence-corrected chi connectivity index (χ2v) is 12.9. The summed E-state index contributed by atoms with van der Waals surface area (Å²) in [5.41, 5.74) is 2.17. The van der Waals surface area contributed by atoms with E-state index in [1.807, 2.05) is 17.0 Å². The SMILES string of the molecule is CC(C)(C)c1ccc(-c2nnc(SCC(=O)N3CCN(C4CCS(=O)(=O)C4)CC3)n2N)cc1. The van der Waals surface area contributed by atoms with E-state index in [0.29, 0.717) is 43.6 Å². The van der Waals surface area contributed by atoms with Gasteiger partial charge in [0.15, 0.2) is 15.7 Å². The van der Waals surface area contributed by atoms with Crippen LogP contribution in [0.4, 0.5) is 0 Å². The number of aromatic nitrogens is 3. The Morgan fingerprint density at radius 3 is 2.36 bits per heavy atom. The summed E-state index contributed by atoms with van der Waals surface area (Å²) in [6, 6.07) is 8.21. The Hall–Kier alpha value is -2.11. The summed E-state index contributed by atoms with van der Waals surface area (Å²) in [5.74, 6) is 7.56. The zero-order chi connectivity index (χ0) is 23.8. The van der Waals surface area contributed by atoms with Gasteiger partial charge in [0.25, 0.3) is 0 Å². The van der Waals surface area contributed by atoms with E-state index in [0.717, 1.165) is 5.56 Å². The molecular formula is C22H32N6O3S2. The minimum absolute atomic E-state index is 0.0257. The molecule has 0 bridgehead atoms. The average Bonchev–Trinajstić information content (AvgIpc) is 3.33. The Labute approximate surface area is 199 Å². The Balaban J connectivity index is 1.30. The van der Waals surface area contributed by atoms with E-state index < -0.39 is 9.84 Å². The van der Waals surface area contributed by atoms with Crippen LogP contribution in [0.5, 0.6) is 0 Å². The summed E-state index contributed by atoms with van der Waals surface area (Å²) in [6.45, 7) is 9.12. The highest BCUT2D eigenvalue weighted by molar-refractivity contribution is 7.99. The molecule has 180 valence electrons. The number of nitrogens with zero attached hydrogens (tertiary/aromatic N) is 5. The van der Waals surface area contributed by atoms with E-state index in [9.17, 15) is 13.2 Å². The van der Waals surface area contributed by atoms with Gasteiger partial charge in [0.1, 0.15) is 0 Å². The second kappa shape index (κ2) is 9.27. The molecule has 0 aliphatic carbocycles. The van der Waals surface area contributed by atoms with E-state index >= 15 is 0 Å². The number of rotatable bonds is 5. The van der Waals surface area contributed by atoms with Crippen LogP contribution in [0.25, 0.3) is 11.4 Å². The summed E-state index contributed by atoms with van der Waals surface area (Å²) in [7, 11) is -2.90. The van der Waals surface area contributed by atoms with Crippen LogP contribution in [0.1, 0.15) is 32.8 Å². The quantitative estimate of drug-likeness (QED) is 0.492. The van der Waals surface area contributed by atoms with Gasteiger partial charge in [-0.15, -0.1) is 10.2 Å². The topological polar surface area (TPSA) is 114 Å². The summed E-state index contributed by atoms with van der Waals surface area (Å²) < 4.78 is 24.9. The van der Waals surface area contributed by atoms with E-state index in [2.05, 4.69) is 48.0 Å². The third-order valence-corrected chi connectivity index (χ3v) is 9.07. The molecule has 2 fully saturated rings. The highest BCUT2D eigenvalue weighted by Crippen LogP contribution is 2.27. The van der Waals surface area contributed by atoms with Crippen molar-refractivity contribution in [3.8, 4) is 11.4 Å². The van der Waals surface area contributed by atoms with Crippen LogP contribution in [-0.2, 0) is 20.0 Å². The van der Waals surface area contributed by atoms with Crippen LogP contribution in [0.2, 0.25) is 0 Å². The van der Waals surface area contributed by atoms with Gasteiger partial charge < -0.3 is 10.7 Å². The molecular weight excluding hydrogens is 460 g/mol. The van der Waals surface area contributed by atoms with Crippen molar-refractivity contribution in [2.45, 2.75) is 43.8 Å². The van der Waals surface area contributed by atoms with Crippen LogP contribution in [0.15, 0.2) is 29.4 Å². The molecule has 1 atom stereocenters. The molecule has 2 aliphatic rings. The van der Waals surface area contributed by atoms with Crippen molar-refractivity contribution in [3.63, 3.8) is 0 Å². The molecule has 11 heteroatoms. The molecule has 2 saturated heterocycles. The Morgan fingerprint density at radius 1 is 1.12 bits per heavy atom. The standard InChI is InChI=1S/C22H32N6O3S2/c1-22(2,3)17-6-4-16(5-7-17)20-24-25-21(28(20)23)32-14-19(29)27-11-9-26(10-12-27)18-8-13-33(30,31)15-18/h4-7,18H,8-15,23H2,1-3H3. The van der Waals surface area contributed by atoms with Gasteiger partial charge in [-0.25, -0.2) is 13.1 Å². The molecule has 9 nitrogen and oxygen atoms in total. The van der Waals surface area contributed by atoms with Gasteiger partial charge in [0.2, 0.25) is 11.1 Å². The molecule has 0 saturated carbocycles. The van der Waals surface area contributed by atoms with Crippen LogP contribution in [0.3, 0.4) is 0 Å². The molecule has 2 aliphatic heterocycles. The number of hydrogen-bond acceptors (Lipinski definition) is 8. The number of amides is 1. The fraction of sp³-hybridized carbons (Fsp3) is 0.591. The molecule has 0 radical (unpaired) electrons. The van der Waals surface area contributed by atoms with E-state index in [4.69, 9.17) is 5.84 Å². The average molecular weight is 493 g/mol. The van der Waals surface area contributed by atoms with Crippen LogP contribution >= 0.6 is 11.8 Å². The van der Waals surface area contributed by atoms with E-state index in [-0.39, 0.29) is 34.6 Å². The summed E-state index contributed by atoms with van der Waals surface area (Å²) in [5, 5.41) is 8.89. The largest absolute Gasteiger partial charge is 0.339 e. The smallest absolute Gasteiger partial charge is 0.233 e. The molecule has 0 spiro atoms. The first-order valence-corrected chi connectivity index (χ1v) is 14.0. The van der Waals surface area contributed by atoms with Crippen molar-refractivity contribution < 1.29 is 13.2 Å². The van der Waals surface area contributed by atoms with Gasteiger partial charge in [-0.1, -0.05) is 56.8 Å². The maximum absolute atomic E-state index is 12.7. The van der Waals surface area contributed by atoms with Crippen LogP contribution < -0.4 is 5.84 Å². The number of piperazine rings is 1. The molecule has 2 N–H and O–H groups in total. The molecule has 4 rings (SSSR count). The van der Waals surface area contributed by atoms with Crippen molar-refractivity contribution in [1.29, 1.82) is 0 Å². The lowest BCUT2D eigenvalue weighted by Crippen LogP contribution is -2.52. The molecule has 1 aromatic carbocycles. The minimum atomic E-state index is -2.90. The molecule has 33 heavy (non-hydrogen) atoms. The Kier molecular flexibility index (Phi) is 6.75. The van der Waals surface area contributed by atoms with Gasteiger partial charge in [-0.2, -0.15) is 0 Å². The van der Waals surface area contributed by atoms with Crippen molar-refractivity contribution in [1.82, 2.24) is 24.7 Å². The number of carbonyl (C=O) groups is 1. The van der Waals surface area contributed by atoms with E-state index in [1.54, 1.807) is 0 Å². The van der Waals surface area contributed by atoms with Crippen molar-refractivity contribution in [2.75, 3.05) is 49.3 Å². The second-order valence-electron chi connectivity index (χ2n) is 9.77. The zero-order valence-corrected chi connectivity index (χ0v) is 21.0. The first-order valence-electron chi connectivity index (χ1n) is 11.2. The normalized spacial score (nSPS) is 21.4. The summed E-state index contributed by atoms with van der Waals surface area (Å²) >= 11 is 1.28. The maximum Gasteiger partial charge on any atom is 0.233 e. The highest BCUT2D eigenvalue weighted by Gasteiger charge is 2.34. The Bertz CT molecular complexity index is 1100. The predicted octanol–water partition coefficient (Wildman–Crippen LogP) is 1.38. The molecule has 1 amide bonds. The molecule has 1 unspecified atom stereocenters. The zero-order valence-electron chi connectivity index (χ0n) is 19.4. The third-order valence-electron chi connectivity index (χ3n) is 6.39. The molecule has 1 aromatic heterocycles. The lowest BCUT2D eigenvalue weighted by molar-refractivity contribution is -0.130. The number of nitrogens with two attached hydrogens (primary N) is 1. The monoisotopic (exact) mass is 492 g/mol. The maximum atomic E-state index is 12.7.